The molecule has 156 valence electrons. The van der Waals surface area contributed by atoms with Crippen LogP contribution in [0.3, 0.4) is 0 Å². The van der Waals surface area contributed by atoms with E-state index in [2.05, 4.69) is 10.2 Å². The highest BCUT2D eigenvalue weighted by molar-refractivity contribution is 7.92. The van der Waals surface area contributed by atoms with Crippen molar-refractivity contribution in [2.45, 2.75) is 25.8 Å². The van der Waals surface area contributed by atoms with Gasteiger partial charge in [0.2, 0.25) is 15.9 Å². The van der Waals surface area contributed by atoms with Crippen molar-refractivity contribution in [3.63, 3.8) is 0 Å². The van der Waals surface area contributed by atoms with Gasteiger partial charge in [0.25, 0.3) is 0 Å². The van der Waals surface area contributed by atoms with E-state index in [9.17, 15) is 17.6 Å². The molecule has 29 heavy (non-hydrogen) atoms. The predicted molar refractivity (Wildman–Crippen MR) is 113 cm³/mol. The van der Waals surface area contributed by atoms with E-state index < -0.39 is 28.3 Å². The molecule has 0 atom stereocenters. The number of rotatable bonds is 7. The number of amides is 1. The summed E-state index contributed by atoms with van der Waals surface area (Å²) in [6.45, 7) is 2.02. The number of carbonyl (C=O) groups excluding carboxylic acids is 1. The van der Waals surface area contributed by atoms with Crippen LogP contribution in [0.4, 0.5) is 15.8 Å². The van der Waals surface area contributed by atoms with Gasteiger partial charge in [-0.1, -0.05) is 18.2 Å². The van der Waals surface area contributed by atoms with Crippen LogP contribution in [-0.2, 0) is 21.4 Å². The molecule has 1 heterocycles. The lowest BCUT2D eigenvalue weighted by atomic mass is 10.1. The Kier molecular flexibility index (Phi) is 6.74. The van der Waals surface area contributed by atoms with Crippen LogP contribution in [0.25, 0.3) is 0 Å². The van der Waals surface area contributed by atoms with Crippen LogP contribution in [0, 0.1) is 5.82 Å². The number of carbonyl (C=O) groups is 1. The zero-order valence-electron chi connectivity index (χ0n) is 16.5. The number of nitrogens with one attached hydrogen (secondary N) is 1. The smallest absolute Gasteiger partial charge is 0.241 e. The minimum Gasteiger partial charge on any atom is -0.372 e. The van der Waals surface area contributed by atoms with Crippen LogP contribution in [-0.4, -0.2) is 40.2 Å². The van der Waals surface area contributed by atoms with Gasteiger partial charge in [0, 0.05) is 25.3 Å². The van der Waals surface area contributed by atoms with E-state index in [0.717, 1.165) is 35.3 Å². The molecule has 6 nitrogen and oxygen atoms in total. The molecular formula is C21H26FN3O3S. The molecule has 1 aliphatic rings. The predicted octanol–water partition coefficient (Wildman–Crippen LogP) is 2.90. The van der Waals surface area contributed by atoms with E-state index >= 15 is 0 Å². The summed E-state index contributed by atoms with van der Waals surface area (Å²) in [5, 5.41) is 2.73. The molecule has 3 rings (SSSR count). The molecule has 0 radical (unpaired) electrons. The maximum Gasteiger partial charge on any atom is 0.241 e. The third-order valence-corrected chi connectivity index (χ3v) is 6.07. The Morgan fingerprint density at radius 2 is 1.79 bits per heavy atom. The first-order valence-corrected chi connectivity index (χ1v) is 11.5. The van der Waals surface area contributed by atoms with Crippen LogP contribution >= 0.6 is 0 Å². The van der Waals surface area contributed by atoms with Gasteiger partial charge in [0.15, 0.2) is 0 Å². The van der Waals surface area contributed by atoms with Crippen LogP contribution in [0.5, 0.6) is 0 Å². The summed E-state index contributed by atoms with van der Waals surface area (Å²) in [4.78, 5) is 14.7. The maximum atomic E-state index is 13.5. The van der Waals surface area contributed by atoms with Crippen molar-refractivity contribution < 1.29 is 17.6 Å². The number of hydrogen-bond acceptors (Lipinski definition) is 4. The molecule has 1 saturated heterocycles. The SMILES string of the molecule is CS(=O)(=O)N(CC(=O)NCc1ccc(N2CCCCC2)cc1)c1cccc(F)c1. The molecule has 0 aromatic heterocycles. The first-order valence-electron chi connectivity index (χ1n) is 9.67. The largest absolute Gasteiger partial charge is 0.372 e. The molecule has 0 bridgehead atoms. The number of hydrogen-bond donors (Lipinski definition) is 1. The fraction of sp³-hybridized carbons (Fsp3) is 0.381. The van der Waals surface area contributed by atoms with E-state index in [4.69, 9.17) is 0 Å². The summed E-state index contributed by atoms with van der Waals surface area (Å²) in [6.07, 6.45) is 4.69. The van der Waals surface area contributed by atoms with E-state index in [1.54, 1.807) is 0 Å². The summed E-state index contributed by atoms with van der Waals surface area (Å²) >= 11 is 0. The molecule has 0 spiro atoms. The van der Waals surface area contributed by atoms with Crippen molar-refractivity contribution in [1.29, 1.82) is 0 Å². The topological polar surface area (TPSA) is 69.7 Å². The van der Waals surface area contributed by atoms with Gasteiger partial charge in [-0.05, 0) is 55.2 Å². The molecule has 2 aromatic carbocycles. The van der Waals surface area contributed by atoms with Crippen LogP contribution < -0.4 is 14.5 Å². The Balaban J connectivity index is 1.59. The lowest BCUT2D eigenvalue weighted by molar-refractivity contribution is -0.119. The fourth-order valence-electron chi connectivity index (χ4n) is 3.39. The molecule has 1 amide bonds. The monoisotopic (exact) mass is 419 g/mol. The normalized spacial score (nSPS) is 14.5. The standard InChI is InChI=1S/C21H26FN3O3S/c1-29(27,28)25(20-7-5-6-18(22)14-20)16-21(26)23-15-17-8-10-19(11-9-17)24-12-3-2-4-13-24/h5-11,14H,2-4,12-13,15-16H2,1H3,(H,23,26). The number of halogens is 1. The highest BCUT2D eigenvalue weighted by Gasteiger charge is 2.21. The summed E-state index contributed by atoms with van der Waals surface area (Å²) in [6, 6.07) is 13.2. The number of benzene rings is 2. The second-order valence-corrected chi connectivity index (χ2v) is 9.15. The third kappa shape index (κ3) is 5.93. The second-order valence-electron chi connectivity index (χ2n) is 7.24. The fourth-order valence-corrected chi connectivity index (χ4v) is 4.24. The average Bonchev–Trinajstić information content (AvgIpc) is 2.70. The van der Waals surface area contributed by atoms with Gasteiger partial charge in [-0.3, -0.25) is 9.10 Å². The van der Waals surface area contributed by atoms with E-state index in [-0.39, 0.29) is 5.69 Å². The maximum absolute atomic E-state index is 13.5. The minimum atomic E-state index is -3.73. The lowest BCUT2D eigenvalue weighted by Gasteiger charge is -2.28. The Morgan fingerprint density at radius 3 is 2.41 bits per heavy atom. The van der Waals surface area contributed by atoms with Crippen molar-refractivity contribution in [3.8, 4) is 0 Å². The summed E-state index contributed by atoms with van der Waals surface area (Å²) in [7, 11) is -3.73. The van der Waals surface area contributed by atoms with Crippen molar-refractivity contribution in [1.82, 2.24) is 5.32 Å². The van der Waals surface area contributed by atoms with Crippen molar-refractivity contribution >= 4 is 27.3 Å². The molecule has 1 N–H and O–H groups in total. The summed E-state index contributed by atoms with van der Waals surface area (Å²) in [5.41, 5.74) is 2.22. The van der Waals surface area contributed by atoms with Crippen molar-refractivity contribution in [3.05, 3.63) is 59.9 Å². The Bertz CT molecular complexity index is 942. The van der Waals surface area contributed by atoms with Gasteiger partial charge in [0.05, 0.1) is 11.9 Å². The second kappa shape index (κ2) is 9.26. The number of anilines is 2. The highest BCUT2D eigenvalue weighted by atomic mass is 32.2. The number of nitrogens with zero attached hydrogens (tertiary/aromatic N) is 2. The lowest BCUT2D eigenvalue weighted by Crippen LogP contribution is -2.40. The first-order chi connectivity index (χ1) is 13.8. The zero-order valence-corrected chi connectivity index (χ0v) is 17.3. The van der Waals surface area contributed by atoms with Gasteiger partial charge < -0.3 is 10.2 Å². The first kappa shape index (κ1) is 21.1. The Labute approximate surface area is 171 Å². The van der Waals surface area contributed by atoms with Crippen LogP contribution in [0.1, 0.15) is 24.8 Å². The number of sulfonamides is 1. The van der Waals surface area contributed by atoms with Gasteiger partial charge in [-0.2, -0.15) is 0 Å². The van der Waals surface area contributed by atoms with Crippen LogP contribution in [0.15, 0.2) is 48.5 Å². The number of piperidine rings is 1. The third-order valence-electron chi connectivity index (χ3n) is 4.93. The molecule has 0 unspecified atom stereocenters. The molecule has 1 fully saturated rings. The Morgan fingerprint density at radius 1 is 1.10 bits per heavy atom. The molecular weight excluding hydrogens is 393 g/mol. The summed E-state index contributed by atoms with van der Waals surface area (Å²) in [5.74, 6) is -1.02. The molecule has 0 saturated carbocycles. The van der Waals surface area contributed by atoms with Gasteiger partial charge in [-0.25, -0.2) is 12.8 Å². The summed E-state index contributed by atoms with van der Waals surface area (Å²) < 4.78 is 38.5. The van der Waals surface area contributed by atoms with Crippen molar-refractivity contribution in [2.75, 3.05) is 35.1 Å². The van der Waals surface area contributed by atoms with E-state index in [1.807, 2.05) is 24.3 Å². The van der Waals surface area contributed by atoms with Gasteiger partial charge in [-0.15, -0.1) is 0 Å². The van der Waals surface area contributed by atoms with E-state index in [0.29, 0.717) is 6.54 Å². The molecule has 1 aliphatic heterocycles. The van der Waals surface area contributed by atoms with Crippen LogP contribution in [0.2, 0.25) is 0 Å². The molecule has 2 aromatic rings. The minimum absolute atomic E-state index is 0.119. The van der Waals surface area contributed by atoms with Gasteiger partial charge >= 0.3 is 0 Å². The van der Waals surface area contributed by atoms with Gasteiger partial charge in [0.1, 0.15) is 12.4 Å². The average molecular weight is 420 g/mol. The van der Waals surface area contributed by atoms with Crippen molar-refractivity contribution in [2.24, 2.45) is 0 Å². The van der Waals surface area contributed by atoms with E-state index in [1.165, 1.54) is 43.1 Å². The Hall–Kier alpha value is -2.61. The molecule has 0 aliphatic carbocycles. The highest BCUT2D eigenvalue weighted by Crippen LogP contribution is 2.20. The zero-order chi connectivity index (χ0) is 20.9. The quantitative estimate of drug-likeness (QED) is 0.749. The molecule has 8 heteroatoms.